The van der Waals surface area contributed by atoms with E-state index in [1.165, 1.54) is 25.7 Å². The van der Waals surface area contributed by atoms with Gasteiger partial charge in [0.25, 0.3) is 0 Å². The van der Waals surface area contributed by atoms with Crippen molar-refractivity contribution in [1.82, 2.24) is 0 Å². The molecule has 1 saturated carbocycles. The van der Waals surface area contributed by atoms with Gasteiger partial charge in [-0.25, -0.2) is 0 Å². The molecule has 140 valence electrons. The highest BCUT2D eigenvalue weighted by Crippen LogP contribution is 2.55. The average Bonchev–Trinajstić information content (AvgIpc) is 2.66. The van der Waals surface area contributed by atoms with Crippen molar-refractivity contribution < 1.29 is 9.47 Å². The van der Waals surface area contributed by atoms with Crippen LogP contribution in [0.25, 0.3) is 0 Å². The summed E-state index contributed by atoms with van der Waals surface area (Å²) in [6.07, 6.45) is 13.1. The van der Waals surface area contributed by atoms with E-state index in [4.69, 9.17) is 9.47 Å². The molecule has 4 atom stereocenters. The highest BCUT2D eigenvalue weighted by Gasteiger charge is 2.45. The molecule has 0 aliphatic heterocycles. The maximum absolute atomic E-state index is 5.54. The van der Waals surface area contributed by atoms with Gasteiger partial charge in [-0.2, -0.15) is 0 Å². The lowest BCUT2D eigenvalue weighted by Gasteiger charge is -2.50. The van der Waals surface area contributed by atoms with Gasteiger partial charge in [-0.05, 0) is 96.6 Å². The standard InChI is InChI=1S/C24H32O2/c1-24(2)12-11-20-22-14-19(26-4)10-7-17(22)13-21(23(20)15-24)16-5-8-18(25-3)9-6-16/h5,7-10,14,16,20-21,23H,6,11-13,15H2,1-4H3/t16?,20-,21-,23-/m0/s1. The third-order valence-corrected chi connectivity index (χ3v) is 7.08. The average molecular weight is 353 g/mol. The molecule has 0 heterocycles. The van der Waals surface area contributed by atoms with Crippen LogP contribution < -0.4 is 4.74 Å². The van der Waals surface area contributed by atoms with Crippen molar-refractivity contribution in [2.24, 2.45) is 23.2 Å². The summed E-state index contributed by atoms with van der Waals surface area (Å²) >= 11 is 0. The lowest BCUT2D eigenvalue weighted by atomic mass is 9.55. The van der Waals surface area contributed by atoms with Gasteiger partial charge in [-0.1, -0.05) is 26.0 Å². The van der Waals surface area contributed by atoms with Crippen LogP contribution in [0.1, 0.15) is 56.6 Å². The molecule has 4 rings (SSSR count). The minimum atomic E-state index is 0.460. The first-order valence-electron chi connectivity index (χ1n) is 10.1. The maximum Gasteiger partial charge on any atom is 0.119 e. The van der Waals surface area contributed by atoms with E-state index >= 15 is 0 Å². The van der Waals surface area contributed by atoms with Crippen LogP contribution in [0.3, 0.4) is 0 Å². The van der Waals surface area contributed by atoms with Gasteiger partial charge in [-0.3, -0.25) is 0 Å². The van der Waals surface area contributed by atoms with Gasteiger partial charge < -0.3 is 9.47 Å². The molecule has 3 aliphatic carbocycles. The highest BCUT2D eigenvalue weighted by atomic mass is 16.5. The fraction of sp³-hybridized carbons (Fsp3) is 0.583. The Morgan fingerprint density at radius 2 is 1.92 bits per heavy atom. The number of hydrogen-bond donors (Lipinski definition) is 0. The van der Waals surface area contributed by atoms with Gasteiger partial charge in [-0.15, -0.1) is 0 Å². The van der Waals surface area contributed by atoms with Crippen LogP contribution in [-0.2, 0) is 11.2 Å². The van der Waals surface area contributed by atoms with Crippen LogP contribution in [-0.4, -0.2) is 14.2 Å². The Morgan fingerprint density at radius 1 is 1.08 bits per heavy atom. The van der Waals surface area contributed by atoms with E-state index in [1.807, 2.05) is 0 Å². The minimum Gasteiger partial charge on any atom is -0.497 e. The second-order valence-corrected chi connectivity index (χ2v) is 9.18. The van der Waals surface area contributed by atoms with Crippen molar-refractivity contribution in [1.29, 1.82) is 0 Å². The van der Waals surface area contributed by atoms with Crippen molar-refractivity contribution in [3.8, 4) is 5.75 Å². The van der Waals surface area contributed by atoms with E-state index in [-0.39, 0.29) is 0 Å². The molecule has 0 bridgehead atoms. The Bertz CT molecular complexity index is 728. The van der Waals surface area contributed by atoms with Gasteiger partial charge in [0.05, 0.1) is 14.2 Å². The van der Waals surface area contributed by atoms with Gasteiger partial charge >= 0.3 is 0 Å². The predicted octanol–water partition coefficient (Wildman–Crippen LogP) is 5.88. The smallest absolute Gasteiger partial charge is 0.119 e. The number of methoxy groups -OCH3 is 2. The zero-order valence-corrected chi connectivity index (χ0v) is 16.6. The monoisotopic (exact) mass is 352 g/mol. The summed E-state index contributed by atoms with van der Waals surface area (Å²) in [5.74, 6) is 4.84. The summed E-state index contributed by atoms with van der Waals surface area (Å²) in [7, 11) is 3.54. The van der Waals surface area contributed by atoms with Crippen molar-refractivity contribution in [2.45, 2.75) is 51.9 Å². The summed E-state index contributed by atoms with van der Waals surface area (Å²) in [6.45, 7) is 4.92. The SMILES string of the molecule is COC1=CCC([C@@H]2Cc3ccc(OC)cc3[C@@H]3CCC(C)(C)C[C@@H]32)C=C1. The van der Waals surface area contributed by atoms with Crippen molar-refractivity contribution in [3.05, 3.63) is 53.3 Å². The summed E-state index contributed by atoms with van der Waals surface area (Å²) < 4.78 is 10.9. The topological polar surface area (TPSA) is 18.5 Å². The Hall–Kier alpha value is -1.70. The second-order valence-electron chi connectivity index (χ2n) is 9.18. The predicted molar refractivity (Wildman–Crippen MR) is 106 cm³/mol. The van der Waals surface area contributed by atoms with Gasteiger partial charge in [0.1, 0.15) is 11.5 Å². The number of hydrogen-bond acceptors (Lipinski definition) is 2. The summed E-state index contributed by atoms with van der Waals surface area (Å²) in [4.78, 5) is 0. The molecule has 0 saturated heterocycles. The van der Waals surface area contributed by atoms with Crippen LogP contribution in [0, 0.1) is 23.2 Å². The van der Waals surface area contributed by atoms with E-state index in [1.54, 1.807) is 25.3 Å². The zero-order chi connectivity index (χ0) is 18.3. The molecule has 0 radical (unpaired) electrons. The van der Waals surface area contributed by atoms with Crippen LogP contribution >= 0.6 is 0 Å². The Kier molecular flexibility index (Phi) is 4.62. The highest BCUT2D eigenvalue weighted by molar-refractivity contribution is 5.41. The number of rotatable bonds is 3. The zero-order valence-electron chi connectivity index (χ0n) is 16.6. The van der Waals surface area contributed by atoms with Gasteiger partial charge in [0, 0.05) is 0 Å². The van der Waals surface area contributed by atoms with Gasteiger partial charge in [0.2, 0.25) is 0 Å². The van der Waals surface area contributed by atoms with E-state index in [0.29, 0.717) is 17.3 Å². The molecule has 0 N–H and O–H groups in total. The first kappa shape index (κ1) is 17.7. The summed E-state index contributed by atoms with van der Waals surface area (Å²) in [5, 5.41) is 0. The third kappa shape index (κ3) is 3.19. The van der Waals surface area contributed by atoms with Crippen molar-refractivity contribution >= 4 is 0 Å². The molecule has 0 amide bonds. The number of benzene rings is 1. The molecule has 2 nitrogen and oxygen atoms in total. The molecule has 3 aliphatic rings. The van der Waals surface area contributed by atoms with E-state index in [0.717, 1.165) is 29.8 Å². The quantitative estimate of drug-likeness (QED) is 0.676. The number of allylic oxidation sites excluding steroid dienone is 3. The fourth-order valence-electron chi connectivity index (χ4n) is 5.67. The Labute approximate surface area is 158 Å². The normalized spacial score (nSPS) is 32.2. The molecule has 1 fully saturated rings. The van der Waals surface area contributed by atoms with Crippen LogP contribution in [0.15, 0.2) is 42.2 Å². The minimum absolute atomic E-state index is 0.460. The number of fused-ring (bicyclic) bond motifs is 3. The fourth-order valence-corrected chi connectivity index (χ4v) is 5.67. The van der Waals surface area contributed by atoms with E-state index in [2.05, 4.69) is 50.3 Å². The maximum atomic E-state index is 5.54. The second kappa shape index (κ2) is 6.79. The molecular weight excluding hydrogens is 320 g/mol. The molecule has 1 aromatic carbocycles. The largest absolute Gasteiger partial charge is 0.497 e. The summed E-state index contributed by atoms with van der Waals surface area (Å²) in [5.41, 5.74) is 3.57. The van der Waals surface area contributed by atoms with E-state index < -0.39 is 0 Å². The molecule has 2 heteroatoms. The van der Waals surface area contributed by atoms with Crippen LogP contribution in [0.2, 0.25) is 0 Å². The Balaban J connectivity index is 1.68. The first-order valence-corrected chi connectivity index (χ1v) is 10.1. The van der Waals surface area contributed by atoms with Crippen molar-refractivity contribution in [2.75, 3.05) is 14.2 Å². The molecule has 0 aromatic heterocycles. The number of ether oxygens (including phenoxy) is 2. The first-order chi connectivity index (χ1) is 12.5. The van der Waals surface area contributed by atoms with Crippen LogP contribution in [0.5, 0.6) is 5.75 Å². The molecule has 1 unspecified atom stereocenters. The van der Waals surface area contributed by atoms with E-state index in [9.17, 15) is 0 Å². The lowest BCUT2D eigenvalue weighted by Crippen LogP contribution is -2.40. The molecular formula is C24H32O2. The van der Waals surface area contributed by atoms with Gasteiger partial charge in [0.15, 0.2) is 0 Å². The Morgan fingerprint density at radius 3 is 2.62 bits per heavy atom. The molecule has 0 spiro atoms. The third-order valence-electron chi connectivity index (χ3n) is 7.08. The molecule has 1 aromatic rings. The summed E-state index contributed by atoms with van der Waals surface area (Å²) in [6, 6.07) is 6.78. The van der Waals surface area contributed by atoms with Crippen LogP contribution in [0.4, 0.5) is 0 Å². The lowest BCUT2D eigenvalue weighted by molar-refractivity contribution is 0.0803. The molecule has 26 heavy (non-hydrogen) atoms. The van der Waals surface area contributed by atoms with Crippen molar-refractivity contribution in [3.63, 3.8) is 0 Å².